The summed E-state index contributed by atoms with van der Waals surface area (Å²) in [5.41, 5.74) is -0.678. The molecule has 1 unspecified atom stereocenters. The van der Waals surface area contributed by atoms with Gasteiger partial charge in [-0.15, -0.1) is 0 Å². The van der Waals surface area contributed by atoms with Crippen LogP contribution >= 0.6 is 15.9 Å². The summed E-state index contributed by atoms with van der Waals surface area (Å²) >= 11 is 3.36. The van der Waals surface area contributed by atoms with Crippen LogP contribution in [0.2, 0.25) is 0 Å². The highest BCUT2D eigenvalue weighted by Crippen LogP contribution is 2.48. The molecule has 0 radical (unpaired) electrons. The van der Waals surface area contributed by atoms with Crippen LogP contribution in [0.1, 0.15) is 31.2 Å². The van der Waals surface area contributed by atoms with E-state index >= 15 is 0 Å². The van der Waals surface area contributed by atoms with Crippen molar-refractivity contribution >= 4 is 33.8 Å². The van der Waals surface area contributed by atoms with E-state index < -0.39 is 29.2 Å². The van der Waals surface area contributed by atoms with E-state index in [2.05, 4.69) is 15.9 Å². The van der Waals surface area contributed by atoms with Gasteiger partial charge in [0.2, 0.25) is 0 Å². The molecular weight excluding hydrogens is 404 g/mol. The summed E-state index contributed by atoms with van der Waals surface area (Å²) in [5, 5.41) is 0. The summed E-state index contributed by atoms with van der Waals surface area (Å²) in [6.45, 7) is 1.88. The van der Waals surface area contributed by atoms with Crippen molar-refractivity contribution in [3.8, 4) is 0 Å². The number of carbonyl (C=O) groups is 3. The van der Waals surface area contributed by atoms with Gasteiger partial charge in [-0.05, 0) is 43.0 Å². The summed E-state index contributed by atoms with van der Waals surface area (Å²) in [6, 6.07) is 7.08. The average molecular weight is 425 g/mol. The van der Waals surface area contributed by atoms with Gasteiger partial charge in [0.1, 0.15) is 5.92 Å². The van der Waals surface area contributed by atoms with Crippen LogP contribution in [0.3, 0.4) is 0 Å². The van der Waals surface area contributed by atoms with Crippen molar-refractivity contribution < 1.29 is 28.6 Å². The number of benzene rings is 1. The van der Waals surface area contributed by atoms with E-state index in [1.165, 1.54) is 14.2 Å². The molecule has 0 fully saturated rings. The summed E-state index contributed by atoms with van der Waals surface area (Å²) in [7, 11) is 2.42. The molecule has 1 atom stereocenters. The second-order valence-corrected chi connectivity index (χ2v) is 6.74. The van der Waals surface area contributed by atoms with Gasteiger partial charge in [0.05, 0.1) is 20.8 Å². The molecular formula is C19H21BrO6. The molecule has 2 rings (SSSR count). The molecule has 1 aromatic carbocycles. The molecule has 0 saturated carbocycles. The van der Waals surface area contributed by atoms with Gasteiger partial charge in [0.15, 0.2) is 5.41 Å². The maximum atomic E-state index is 12.7. The minimum absolute atomic E-state index is 0.183. The molecule has 0 heterocycles. The number of hydrogen-bond acceptors (Lipinski definition) is 6. The minimum Gasteiger partial charge on any atom is -0.468 e. The van der Waals surface area contributed by atoms with Crippen LogP contribution in [0.5, 0.6) is 0 Å². The molecule has 1 aromatic rings. The molecule has 1 aliphatic carbocycles. The molecule has 0 aromatic heterocycles. The van der Waals surface area contributed by atoms with Gasteiger partial charge in [-0.2, -0.15) is 0 Å². The minimum atomic E-state index is -1.64. The van der Waals surface area contributed by atoms with E-state index in [0.717, 1.165) is 4.47 Å². The topological polar surface area (TPSA) is 78.9 Å². The Labute approximate surface area is 160 Å². The predicted molar refractivity (Wildman–Crippen MR) is 97.3 cm³/mol. The molecule has 0 saturated heterocycles. The van der Waals surface area contributed by atoms with Gasteiger partial charge in [0.25, 0.3) is 0 Å². The zero-order chi connectivity index (χ0) is 19.3. The van der Waals surface area contributed by atoms with Crippen molar-refractivity contribution in [2.75, 3.05) is 20.8 Å². The van der Waals surface area contributed by atoms with Crippen LogP contribution in [0.15, 0.2) is 40.4 Å². The number of methoxy groups -OCH3 is 2. The molecule has 0 N–H and O–H groups in total. The highest BCUT2D eigenvalue weighted by Gasteiger charge is 2.56. The van der Waals surface area contributed by atoms with E-state index in [-0.39, 0.29) is 13.0 Å². The molecule has 0 bridgehead atoms. The largest absolute Gasteiger partial charge is 0.468 e. The van der Waals surface area contributed by atoms with Gasteiger partial charge >= 0.3 is 17.9 Å². The summed E-state index contributed by atoms with van der Waals surface area (Å²) in [6.07, 6.45) is 2.37. The Morgan fingerprint density at radius 1 is 1.12 bits per heavy atom. The van der Waals surface area contributed by atoms with E-state index in [1.54, 1.807) is 37.3 Å². The fourth-order valence-corrected chi connectivity index (χ4v) is 3.59. The van der Waals surface area contributed by atoms with Crippen LogP contribution in [0, 0.1) is 5.41 Å². The van der Waals surface area contributed by atoms with Crippen LogP contribution in [0.4, 0.5) is 0 Å². The van der Waals surface area contributed by atoms with Crippen LogP contribution in [-0.4, -0.2) is 38.7 Å². The third kappa shape index (κ3) is 3.53. The highest BCUT2D eigenvalue weighted by atomic mass is 79.9. The van der Waals surface area contributed by atoms with Crippen molar-refractivity contribution in [3.63, 3.8) is 0 Å². The molecule has 26 heavy (non-hydrogen) atoms. The summed E-state index contributed by atoms with van der Waals surface area (Å²) in [4.78, 5) is 37.9. The molecule has 0 spiro atoms. The van der Waals surface area contributed by atoms with Crippen LogP contribution in [-0.2, 0) is 28.6 Å². The van der Waals surface area contributed by atoms with Gasteiger partial charge < -0.3 is 14.2 Å². The number of halogens is 1. The first-order valence-corrected chi connectivity index (χ1v) is 9.01. The lowest BCUT2D eigenvalue weighted by molar-refractivity contribution is -0.166. The van der Waals surface area contributed by atoms with E-state index in [9.17, 15) is 14.4 Å². The quantitative estimate of drug-likeness (QED) is 0.302. The maximum absolute atomic E-state index is 12.7. The highest BCUT2D eigenvalue weighted by molar-refractivity contribution is 9.10. The first-order chi connectivity index (χ1) is 12.4. The van der Waals surface area contributed by atoms with Crippen LogP contribution < -0.4 is 0 Å². The number of carbonyl (C=O) groups excluding carboxylic acids is 3. The first kappa shape index (κ1) is 20.2. The zero-order valence-electron chi connectivity index (χ0n) is 14.9. The molecule has 1 aliphatic rings. The van der Waals surface area contributed by atoms with E-state index in [1.807, 2.05) is 0 Å². The second-order valence-electron chi connectivity index (χ2n) is 5.82. The van der Waals surface area contributed by atoms with Crippen molar-refractivity contribution in [3.05, 3.63) is 46.0 Å². The van der Waals surface area contributed by atoms with Crippen molar-refractivity contribution in [2.24, 2.45) is 5.41 Å². The van der Waals surface area contributed by atoms with Crippen LogP contribution in [0.25, 0.3) is 0 Å². The lowest BCUT2D eigenvalue weighted by Gasteiger charge is -2.30. The zero-order valence-corrected chi connectivity index (χ0v) is 16.5. The number of esters is 3. The Morgan fingerprint density at radius 3 is 2.19 bits per heavy atom. The lowest BCUT2D eigenvalue weighted by atomic mass is 9.73. The third-order valence-corrected chi connectivity index (χ3v) is 5.01. The smallest absolute Gasteiger partial charge is 0.327 e. The SMILES string of the molecule is CCOC(=O)C(C1=CCCC1(C(=O)OC)C(=O)OC)c1ccc(Br)cc1. The molecule has 7 heteroatoms. The van der Waals surface area contributed by atoms with E-state index in [0.29, 0.717) is 17.6 Å². The standard InChI is InChI=1S/C19H21BrO6/c1-4-26-16(21)15(12-7-9-13(20)10-8-12)14-6-5-11-19(14,17(22)24-2)18(23)25-3/h6-10,15H,4-5,11H2,1-3H3. The van der Waals surface area contributed by atoms with Gasteiger partial charge in [-0.25, -0.2) is 0 Å². The molecule has 0 aliphatic heterocycles. The van der Waals surface area contributed by atoms with Crippen molar-refractivity contribution in [1.29, 1.82) is 0 Å². The Bertz CT molecular complexity index is 706. The number of hydrogen-bond donors (Lipinski definition) is 0. The molecule has 140 valence electrons. The average Bonchev–Trinajstić information content (AvgIpc) is 3.08. The van der Waals surface area contributed by atoms with Gasteiger partial charge in [-0.3, -0.25) is 14.4 Å². The first-order valence-electron chi connectivity index (χ1n) is 8.21. The number of allylic oxidation sites excluding steroid dienone is 1. The molecule has 6 nitrogen and oxygen atoms in total. The van der Waals surface area contributed by atoms with Crippen molar-refractivity contribution in [2.45, 2.75) is 25.7 Å². The Kier molecular flexibility index (Phi) is 6.58. The predicted octanol–water partition coefficient (Wildman–Crippen LogP) is 3.15. The molecule has 0 amide bonds. The Hall–Kier alpha value is -2.15. The number of ether oxygens (including phenoxy) is 3. The normalized spacial score (nSPS) is 16.4. The second kappa shape index (κ2) is 8.49. The summed E-state index contributed by atoms with van der Waals surface area (Å²) < 4.78 is 15.9. The number of rotatable bonds is 6. The third-order valence-electron chi connectivity index (χ3n) is 4.48. The van der Waals surface area contributed by atoms with Crippen molar-refractivity contribution in [1.82, 2.24) is 0 Å². The Balaban J connectivity index is 2.61. The Morgan fingerprint density at radius 2 is 1.69 bits per heavy atom. The summed E-state index contributed by atoms with van der Waals surface area (Å²) in [5.74, 6) is -2.90. The fourth-order valence-electron chi connectivity index (χ4n) is 3.32. The lowest BCUT2D eigenvalue weighted by Crippen LogP contribution is -2.43. The van der Waals surface area contributed by atoms with E-state index in [4.69, 9.17) is 14.2 Å². The monoisotopic (exact) mass is 424 g/mol. The van der Waals surface area contributed by atoms with Gasteiger partial charge in [0, 0.05) is 4.47 Å². The van der Waals surface area contributed by atoms with Gasteiger partial charge in [-0.1, -0.05) is 34.1 Å². The maximum Gasteiger partial charge on any atom is 0.327 e. The fraction of sp³-hybridized carbons (Fsp3) is 0.421.